The molecule has 112 valence electrons. The molecule has 4 heteroatoms. The normalized spacial score (nSPS) is 28.1. The number of alkyl halides is 1. The molecule has 0 spiro atoms. The Morgan fingerprint density at radius 1 is 1.35 bits per heavy atom. The molecule has 1 aromatic rings. The average Bonchev–Trinajstić information content (AvgIpc) is 2.53. The van der Waals surface area contributed by atoms with Gasteiger partial charge in [-0.3, -0.25) is 0 Å². The van der Waals surface area contributed by atoms with E-state index in [2.05, 4.69) is 36.4 Å². The molecule has 0 N–H and O–H groups in total. The van der Waals surface area contributed by atoms with Crippen molar-refractivity contribution in [1.82, 2.24) is 0 Å². The SMILES string of the molecule is CC[C@@H]1COC(c2ccc(OC)cc2)O[C@@H]1[C@H](C)CI. The Morgan fingerprint density at radius 3 is 2.60 bits per heavy atom. The van der Waals surface area contributed by atoms with Crippen LogP contribution in [0.1, 0.15) is 32.1 Å². The molecular weight excluding hydrogens is 367 g/mol. The van der Waals surface area contributed by atoms with E-state index >= 15 is 0 Å². The summed E-state index contributed by atoms with van der Waals surface area (Å²) in [5, 5.41) is 0. The van der Waals surface area contributed by atoms with Gasteiger partial charge in [-0.05, 0) is 24.5 Å². The molecule has 0 saturated carbocycles. The molecule has 0 aliphatic carbocycles. The van der Waals surface area contributed by atoms with Gasteiger partial charge in [0.05, 0.1) is 19.8 Å². The van der Waals surface area contributed by atoms with Crippen molar-refractivity contribution in [2.24, 2.45) is 11.8 Å². The largest absolute Gasteiger partial charge is 0.497 e. The zero-order valence-electron chi connectivity index (χ0n) is 12.3. The monoisotopic (exact) mass is 390 g/mol. The van der Waals surface area contributed by atoms with Crippen molar-refractivity contribution in [3.05, 3.63) is 29.8 Å². The van der Waals surface area contributed by atoms with Crippen LogP contribution in [0.5, 0.6) is 5.75 Å². The van der Waals surface area contributed by atoms with Gasteiger partial charge in [0.2, 0.25) is 0 Å². The van der Waals surface area contributed by atoms with Crippen LogP contribution < -0.4 is 4.74 Å². The first kappa shape index (κ1) is 16.0. The van der Waals surface area contributed by atoms with Crippen LogP contribution in [-0.4, -0.2) is 24.2 Å². The summed E-state index contributed by atoms with van der Waals surface area (Å²) in [6.07, 6.45) is 1.12. The third-order valence-electron chi connectivity index (χ3n) is 3.92. The maximum Gasteiger partial charge on any atom is 0.184 e. The van der Waals surface area contributed by atoms with Gasteiger partial charge < -0.3 is 14.2 Å². The van der Waals surface area contributed by atoms with E-state index in [1.165, 1.54) is 0 Å². The first-order chi connectivity index (χ1) is 9.69. The first-order valence-corrected chi connectivity index (χ1v) is 8.69. The summed E-state index contributed by atoms with van der Waals surface area (Å²) in [7, 11) is 1.67. The fourth-order valence-corrected chi connectivity index (χ4v) is 3.07. The standard InChI is InChI=1S/C16H23IO3/c1-4-12-10-19-16(20-15(12)11(2)9-17)13-5-7-14(18-3)8-6-13/h5-8,11-12,15-16H,4,9-10H2,1-3H3/t11-,12-,15-,16?/m1/s1. The van der Waals surface area contributed by atoms with Crippen LogP contribution >= 0.6 is 22.6 Å². The molecule has 1 aromatic carbocycles. The second kappa shape index (κ2) is 7.61. The fourth-order valence-electron chi connectivity index (χ4n) is 2.57. The van der Waals surface area contributed by atoms with E-state index in [1.54, 1.807) is 7.11 Å². The van der Waals surface area contributed by atoms with Gasteiger partial charge in [-0.15, -0.1) is 0 Å². The van der Waals surface area contributed by atoms with Crippen molar-refractivity contribution in [3.63, 3.8) is 0 Å². The average molecular weight is 390 g/mol. The summed E-state index contributed by atoms with van der Waals surface area (Å²) in [6, 6.07) is 7.93. The number of hydrogen-bond acceptors (Lipinski definition) is 3. The molecule has 1 aliphatic heterocycles. The van der Waals surface area contributed by atoms with Gasteiger partial charge in [0.25, 0.3) is 0 Å². The van der Waals surface area contributed by atoms with Crippen LogP contribution in [0.25, 0.3) is 0 Å². The van der Waals surface area contributed by atoms with Gasteiger partial charge in [0, 0.05) is 15.9 Å². The van der Waals surface area contributed by atoms with E-state index in [1.807, 2.05) is 24.3 Å². The summed E-state index contributed by atoms with van der Waals surface area (Å²) < 4.78 is 18.4. The van der Waals surface area contributed by atoms with Crippen LogP contribution in [0.4, 0.5) is 0 Å². The number of methoxy groups -OCH3 is 1. The molecule has 3 nitrogen and oxygen atoms in total. The van der Waals surface area contributed by atoms with E-state index in [9.17, 15) is 0 Å². The van der Waals surface area contributed by atoms with E-state index in [0.29, 0.717) is 11.8 Å². The Bertz CT molecular complexity index is 407. The third kappa shape index (κ3) is 3.65. The molecule has 20 heavy (non-hydrogen) atoms. The lowest BCUT2D eigenvalue weighted by atomic mass is 9.90. The van der Waals surface area contributed by atoms with Crippen LogP contribution in [-0.2, 0) is 9.47 Å². The van der Waals surface area contributed by atoms with Crippen molar-refractivity contribution in [1.29, 1.82) is 0 Å². The predicted molar refractivity (Wildman–Crippen MR) is 88.4 cm³/mol. The molecule has 1 heterocycles. The number of ether oxygens (including phenoxy) is 3. The predicted octanol–water partition coefficient (Wildman–Crippen LogP) is 4.21. The minimum Gasteiger partial charge on any atom is -0.497 e. The van der Waals surface area contributed by atoms with Gasteiger partial charge in [0.1, 0.15) is 5.75 Å². The summed E-state index contributed by atoms with van der Waals surface area (Å²) in [6.45, 7) is 5.24. The number of benzene rings is 1. The second-order valence-corrected chi connectivity index (χ2v) is 6.22. The first-order valence-electron chi connectivity index (χ1n) is 7.16. The molecule has 2 rings (SSSR count). The topological polar surface area (TPSA) is 27.7 Å². The molecule has 0 radical (unpaired) electrons. The van der Waals surface area contributed by atoms with Crippen LogP contribution in [0, 0.1) is 11.8 Å². The molecule has 1 unspecified atom stereocenters. The summed E-state index contributed by atoms with van der Waals surface area (Å²) >= 11 is 2.44. The fraction of sp³-hybridized carbons (Fsp3) is 0.625. The highest BCUT2D eigenvalue weighted by Gasteiger charge is 2.34. The van der Waals surface area contributed by atoms with E-state index < -0.39 is 0 Å². The highest BCUT2D eigenvalue weighted by molar-refractivity contribution is 14.1. The van der Waals surface area contributed by atoms with Crippen molar-refractivity contribution in [2.75, 3.05) is 18.1 Å². The van der Waals surface area contributed by atoms with Gasteiger partial charge in [-0.25, -0.2) is 0 Å². The van der Waals surface area contributed by atoms with Gasteiger partial charge in [0.15, 0.2) is 6.29 Å². The van der Waals surface area contributed by atoms with Crippen molar-refractivity contribution in [3.8, 4) is 5.75 Å². The molecule has 0 amide bonds. The van der Waals surface area contributed by atoms with Crippen LogP contribution in [0.15, 0.2) is 24.3 Å². The maximum absolute atomic E-state index is 6.23. The Hall–Kier alpha value is -0.330. The van der Waals surface area contributed by atoms with E-state index in [0.717, 1.165) is 28.8 Å². The van der Waals surface area contributed by atoms with Gasteiger partial charge in [-0.2, -0.15) is 0 Å². The summed E-state index contributed by atoms with van der Waals surface area (Å²) in [5.74, 6) is 1.90. The lowest BCUT2D eigenvalue weighted by Crippen LogP contribution is -2.40. The third-order valence-corrected chi connectivity index (χ3v) is 5.31. The quantitative estimate of drug-likeness (QED) is 0.557. The zero-order valence-corrected chi connectivity index (χ0v) is 14.5. The minimum absolute atomic E-state index is 0.251. The number of halogens is 1. The molecule has 0 bridgehead atoms. The Labute approximate surface area is 135 Å². The Balaban J connectivity index is 2.09. The van der Waals surface area contributed by atoms with Gasteiger partial charge in [-0.1, -0.05) is 48.6 Å². The maximum atomic E-state index is 6.23. The lowest BCUT2D eigenvalue weighted by molar-refractivity contribution is -0.250. The lowest BCUT2D eigenvalue weighted by Gasteiger charge is -2.39. The molecule has 4 atom stereocenters. The number of rotatable bonds is 5. The highest BCUT2D eigenvalue weighted by atomic mass is 127. The van der Waals surface area contributed by atoms with Crippen molar-refractivity contribution < 1.29 is 14.2 Å². The van der Waals surface area contributed by atoms with Crippen molar-refractivity contribution >= 4 is 22.6 Å². The number of hydrogen-bond donors (Lipinski definition) is 0. The minimum atomic E-state index is -0.251. The van der Waals surface area contributed by atoms with Gasteiger partial charge >= 0.3 is 0 Å². The van der Waals surface area contributed by atoms with Crippen LogP contribution in [0.2, 0.25) is 0 Å². The molecular formula is C16H23IO3. The summed E-state index contributed by atoms with van der Waals surface area (Å²) in [4.78, 5) is 0. The molecule has 1 fully saturated rings. The van der Waals surface area contributed by atoms with Crippen molar-refractivity contribution in [2.45, 2.75) is 32.7 Å². The molecule has 1 aliphatic rings. The highest BCUT2D eigenvalue weighted by Crippen LogP contribution is 2.35. The molecule has 1 saturated heterocycles. The smallest absolute Gasteiger partial charge is 0.184 e. The van der Waals surface area contributed by atoms with Crippen LogP contribution in [0.3, 0.4) is 0 Å². The Morgan fingerprint density at radius 2 is 2.05 bits per heavy atom. The second-order valence-electron chi connectivity index (χ2n) is 5.34. The zero-order chi connectivity index (χ0) is 14.5. The summed E-state index contributed by atoms with van der Waals surface area (Å²) in [5.41, 5.74) is 1.06. The van der Waals surface area contributed by atoms with E-state index in [-0.39, 0.29) is 12.4 Å². The molecule has 0 aromatic heterocycles. The Kier molecular flexibility index (Phi) is 6.11. The van der Waals surface area contributed by atoms with E-state index in [4.69, 9.17) is 14.2 Å².